The number of nitrogens with one attached hydrogen (secondary N) is 1. The van der Waals surface area contributed by atoms with Gasteiger partial charge in [-0.2, -0.15) is 0 Å². The van der Waals surface area contributed by atoms with Crippen molar-refractivity contribution in [2.45, 2.75) is 0 Å². The first-order valence-electron chi connectivity index (χ1n) is 5.72. The summed E-state index contributed by atoms with van der Waals surface area (Å²) in [6.45, 7) is 0. The number of benzene rings is 2. The minimum Gasteiger partial charge on any atom is -0.495 e. The highest BCUT2D eigenvalue weighted by Crippen LogP contribution is 2.27. The normalized spacial score (nSPS) is 10.3. The predicted molar refractivity (Wildman–Crippen MR) is 72.3 cm³/mol. The van der Waals surface area contributed by atoms with Crippen LogP contribution in [-0.2, 0) is 0 Å². The van der Waals surface area contributed by atoms with E-state index in [2.05, 4.69) is 5.32 Å². The molecule has 1 N–H and O–H groups in total. The molecule has 110 valence electrons. The first-order valence-corrected chi connectivity index (χ1v) is 6.09. The first kappa shape index (κ1) is 15.2. The molecule has 0 radical (unpaired) electrons. The van der Waals surface area contributed by atoms with Gasteiger partial charge in [-0.1, -0.05) is 11.6 Å². The maximum absolute atomic E-state index is 13.1. The average Bonchev–Trinajstić information content (AvgIpc) is 2.44. The zero-order chi connectivity index (χ0) is 15.6. The van der Waals surface area contributed by atoms with Crippen LogP contribution in [0.4, 0.5) is 18.9 Å². The number of ether oxygens (including phenoxy) is 1. The van der Waals surface area contributed by atoms with Gasteiger partial charge < -0.3 is 10.1 Å². The number of methoxy groups -OCH3 is 1. The summed E-state index contributed by atoms with van der Waals surface area (Å²) in [5.74, 6) is -4.89. The molecule has 2 rings (SSSR count). The monoisotopic (exact) mass is 315 g/mol. The Labute approximate surface area is 123 Å². The molecule has 21 heavy (non-hydrogen) atoms. The van der Waals surface area contributed by atoms with Crippen molar-refractivity contribution in [3.05, 3.63) is 58.4 Å². The zero-order valence-electron chi connectivity index (χ0n) is 10.7. The number of rotatable bonds is 3. The Morgan fingerprint density at radius 2 is 1.76 bits per heavy atom. The van der Waals surface area contributed by atoms with Crippen LogP contribution >= 0.6 is 11.6 Å². The molecule has 0 aromatic heterocycles. The van der Waals surface area contributed by atoms with Gasteiger partial charge in [-0.3, -0.25) is 4.79 Å². The van der Waals surface area contributed by atoms with Gasteiger partial charge in [-0.25, -0.2) is 13.2 Å². The SMILES string of the molecule is COc1ccc(NC(=O)c2cc(F)c(F)c(F)c2)cc1Cl. The van der Waals surface area contributed by atoms with Crippen molar-refractivity contribution in [2.24, 2.45) is 0 Å². The summed E-state index contributed by atoms with van der Waals surface area (Å²) in [6, 6.07) is 5.65. The fraction of sp³-hybridized carbons (Fsp3) is 0.0714. The van der Waals surface area contributed by atoms with Gasteiger partial charge in [0.1, 0.15) is 5.75 Å². The maximum Gasteiger partial charge on any atom is 0.255 e. The van der Waals surface area contributed by atoms with Gasteiger partial charge >= 0.3 is 0 Å². The van der Waals surface area contributed by atoms with Crippen LogP contribution in [0.25, 0.3) is 0 Å². The third-order valence-corrected chi connectivity index (χ3v) is 2.95. The second-order valence-electron chi connectivity index (χ2n) is 4.06. The average molecular weight is 316 g/mol. The summed E-state index contributed by atoms with van der Waals surface area (Å²) in [5, 5.41) is 2.65. The van der Waals surface area contributed by atoms with E-state index in [4.69, 9.17) is 16.3 Å². The first-order chi connectivity index (χ1) is 9.92. The summed E-state index contributed by atoms with van der Waals surface area (Å²) < 4.78 is 43.9. The molecular weight excluding hydrogens is 307 g/mol. The van der Waals surface area contributed by atoms with E-state index in [0.717, 1.165) is 0 Å². The Morgan fingerprint density at radius 3 is 2.29 bits per heavy atom. The third-order valence-electron chi connectivity index (χ3n) is 2.66. The third kappa shape index (κ3) is 3.28. The quantitative estimate of drug-likeness (QED) is 0.869. The van der Waals surface area contributed by atoms with Gasteiger partial charge in [0, 0.05) is 11.3 Å². The minimum absolute atomic E-state index is 0.256. The molecule has 0 fully saturated rings. The molecule has 1 amide bonds. The van der Waals surface area contributed by atoms with Crippen molar-refractivity contribution in [1.82, 2.24) is 0 Å². The van der Waals surface area contributed by atoms with Gasteiger partial charge in [-0.15, -0.1) is 0 Å². The number of hydrogen-bond acceptors (Lipinski definition) is 2. The lowest BCUT2D eigenvalue weighted by Gasteiger charge is -2.08. The molecule has 0 saturated carbocycles. The molecular formula is C14H9ClF3NO2. The number of anilines is 1. The summed E-state index contributed by atoms with van der Waals surface area (Å²) in [7, 11) is 1.43. The van der Waals surface area contributed by atoms with E-state index in [9.17, 15) is 18.0 Å². The van der Waals surface area contributed by atoms with Crippen molar-refractivity contribution in [1.29, 1.82) is 0 Å². The molecule has 0 bridgehead atoms. The Balaban J connectivity index is 2.24. The lowest BCUT2D eigenvalue weighted by atomic mass is 10.2. The Morgan fingerprint density at radius 1 is 1.14 bits per heavy atom. The Bertz CT molecular complexity index is 684. The van der Waals surface area contributed by atoms with E-state index in [1.54, 1.807) is 0 Å². The van der Waals surface area contributed by atoms with Crippen molar-refractivity contribution in [3.8, 4) is 5.75 Å². The molecule has 0 aliphatic heterocycles. The largest absolute Gasteiger partial charge is 0.495 e. The highest BCUT2D eigenvalue weighted by atomic mass is 35.5. The molecule has 0 unspecified atom stereocenters. The smallest absolute Gasteiger partial charge is 0.255 e. The summed E-state index contributed by atoms with van der Waals surface area (Å²) in [4.78, 5) is 11.9. The van der Waals surface area contributed by atoms with Gasteiger partial charge in [0.25, 0.3) is 5.91 Å². The predicted octanol–water partition coefficient (Wildman–Crippen LogP) is 4.02. The van der Waals surface area contributed by atoms with E-state index < -0.39 is 23.4 Å². The molecule has 0 aliphatic rings. The zero-order valence-corrected chi connectivity index (χ0v) is 11.5. The molecule has 3 nitrogen and oxygen atoms in total. The van der Waals surface area contributed by atoms with Crippen LogP contribution < -0.4 is 10.1 Å². The van der Waals surface area contributed by atoms with E-state index in [0.29, 0.717) is 23.6 Å². The lowest BCUT2D eigenvalue weighted by Crippen LogP contribution is -2.13. The number of hydrogen-bond donors (Lipinski definition) is 1. The molecule has 7 heteroatoms. The number of carbonyl (C=O) groups is 1. The summed E-state index contributed by atoms with van der Waals surface area (Å²) >= 11 is 5.88. The summed E-state index contributed by atoms with van der Waals surface area (Å²) in [6.07, 6.45) is 0. The van der Waals surface area contributed by atoms with Crippen molar-refractivity contribution < 1.29 is 22.7 Å². The fourth-order valence-electron chi connectivity index (χ4n) is 1.63. The molecule has 0 spiro atoms. The van der Waals surface area contributed by atoms with Crippen LogP contribution in [0.5, 0.6) is 5.75 Å². The molecule has 0 saturated heterocycles. The van der Waals surface area contributed by atoms with E-state index >= 15 is 0 Å². The van der Waals surface area contributed by atoms with E-state index in [1.165, 1.54) is 25.3 Å². The molecule has 0 atom stereocenters. The fourth-order valence-corrected chi connectivity index (χ4v) is 1.89. The minimum atomic E-state index is -1.63. The highest BCUT2D eigenvalue weighted by Gasteiger charge is 2.15. The van der Waals surface area contributed by atoms with Crippen LogP contribution in [0.2, 0.25) is 5.02 Å². The second kappa shape index (κ2) is 6.05. The van der Waals surface area contributed by atoms with E-state index in [1.807, 2.05) is 0 Å². The van der Waals surface area contributed by atoms with Gasteiger partial charge in [0.05, 0.1) is 12.1 Å². The number of carbonyl (C=O) groups excluding carboxylic acids is 1. The Hall–Kier alpha value is -2.21. The van der Waals surface area contributed by atoms with Crippen molar-refractivity contribution in [2.75, 3.05) is 12.4 Å². The van der Waals surface area contributed by atoms with Crippen LogP contribution in [0, 0.1) is 17.5 Å². The number of amides is 1. The number of halogens is 4. The van der Waals surface area contributed by atoms with Crippen LogP contribution in [0.1, 0.15) is 10.4 Å². The van der Waals surface area contributed by atoms with Crippen LogP contribution in [0.15, 0.2) is 30.3 Å². The molecule has 2 aromatic carbocycles. The van der Waals surface area contributed by atoms with Gasteiger partial charge in [0.15, 0.2) is 17.5 Å². The van der Waals surface area contributed by atoms with Crippen molar-refractivity contribution >= 4 is 23.2 Å². The van der Waals surface area contributed by atoms with Gasteiger partial charge in [-0.05, 0) is 30.3 Å². The summed E-state index contributed by atoms with van der Waals surface area (Å²) in [5.41, 5.74) is -0.0470. The maximum atomic E-state index is 13.1. The van der Waals surface area contributed by atoms with E-state index in [-0.39, 0.29) is 10.6 Å². The van der Waals surface area contributed by atoms with Crippen molar-refractivity contribution in [3.63, 3.8) is 0 Å². The standard InChI is InChI=1S/C14H9ClF3NO2/c1-21-12-3-2-8(6-9(12)15)19-14(20)7-4-10(16)13(18)11(17)5-7/h2-6H,1H3,(H,19,20). The Kier molecular flexibility index (Phi) is 4.37. The topological polar surface area (TPSA) is 38.3 Å². The van der Waals surface area contributed by atoms with Crippen LogP contribution in [-0.4, -0.2) is 13.0 Å². The highest BCUT2D eigenvalue weighted by molar-refractivity contribution is 6.32. The molecule has 0 aliphatic carbocycles. The molecule has 0 heterocycles. The van der Waals surface area contributed by atoms with Gasteiger partial charge in [0.2, 0.25) is 0 Å². The van der Waals surface area contributed by atoms with Crippen LogP contribution in [0.3, 0.4) is 0 Å². The lowest BCUT2D eigenvalue weighted by molar-refractivity contribution is 0.102. The molecule has 2 aromatic rings. The second-order valence-corrected chi connectivity index (χ2v) is 4.46.